The maximum atomic E-state index is 13.1. The Bertz CT molecular complexity index is 1320. The summed E-state index contributed by atoms with van der Waals surface area (Å²) in [6.45, 7) is 6.54. The lowest BCUT2D eigenvalue weighted by atomic mass is 10.0. The molecule has 1 N–H and O–H groups in total. The maximum absolute atomic E-state index is 13.1. The average molecular weight is 578 g/mol. The first-order chi connectivity index (χ1) is 20.0. The van der Waals surface area contributed by atoms with E-state index < -0.39 is 0 Å². The van der Waals surface area contributed by atoms with Crippen LogP contribution < -0.4 is 15.0 Å². The fourth-order valence-corrected chi connectivity index (χ4v) is 6.98. The highest BCUT2D eigenvalue weighted by Gasteiger charge is 2.29. The zero-order valence-electron chi connectivity index (χ0n) is 23.7. The number of aromatic nitrogens is 2. The molecule has 3 aliphatic heterocycles. The Labute approximate surface area is 245 Å². The van der Waals surface area contributed by atoms with Crippen molar-refractivity contribution in [2.24, 2.45) is 5.92 Å². The Kier molecular flexibility index (Phi) is 8.57. The number of nitrogens with zero attached hydrogens (tertiary/aromatic N) is 4. The van der Waals surface area contributed by atoms with E-state index in [0.717, 1.165) is 95.0 Å². The number of hydrogen-bond donors (Lipinski definition) is 1. The number of piperidine rings is 1. The first-order valence-corrected chi connectivity index (χ1v) is 15.7. The SMILES string of the molecule is CC(=O)N1CCC(Oc2ccc(N3CCC[C@@H]3c3csc(NC(=O)c4cccn4CC4CCOCC4)n3)cc2)CC1. The topological polar surface area (TPSA) is 88.9 Å². The van der Waals surface area contributed by atoms with Gasteiger partial charge >= 0.3 is 0 Å². The Morgan fingerprint density at radius 3 is 2.59 bits per heavy atom. The lowest BCUT2D eigenvalue weighted by Crippen LogP contribution is -2.40. The fraction of sp³-hybridized carbons (Fsp3) is 0.516. The monoisotopic (exact) mass is 577 g/mol. The van der Waals surface area contributed by atoms with Crippen molar-refractivity contribution in [1.82, 2.24) is 14.5 Å². The van der Waals surface area contributed by atoms with E-state index in [2.05, 4.69) is 32.3 Å². The number of thiazole rings is 1. The summed E-state index contributed by atoms with van der Waals surface area (Å²) in [7, 11) is 0. The molecule has 3 aliphatic rings. The molecule has 0 radical (unpaired) electrons. The normalized spacial score (nSPS) is 20.4. The van der Waals surface area contributed by atoms with E-state index in [1.54, 1.807) is 6.92 Å². The van der Waals surface area contributed by atoms with Crippen LogP contribution in [-0.2, 0) is 16.1 Å². The van der Waals surface area contributed by atoms with Gasteiger partial charge in [-0.15, -0.1) is 11.3 Å². The average Bonchev–Trinajstić information content (AvgIpc) is 3.76. The van der Waals surface area contributed by atoms with Crippen molar-refractivity contribution in [3.05, 3.63) is 59.4 Å². The number of hydrogen-bond acceptors (Lipinski definition) is 7. The van der Waals surface area contributed by atoms with Gasteiger partial charge in [-0.3, -0.25) is 14.9 Å². The van der Waals surface area contributed by atoms with Crippen LogP contribution in [0.25, 0.3) is 0 Å². The van der Waals surface area contributed by atoms with E-state index in [1.807, 2.05) is 35.4 Å². The third-order valence-electron chi connectivity index (χ3n) is 8.55. The minimum Gasteiger partial charge on any atom is -0.490 e. The van der Waals surface area contributed by atoms with Gasteiger partial charge in [-0.25, -0.2) is 4.98 Å². The molecule has 6 rings (SSSR count). The van der Waals surface area contributed by atoms with E-state index >= 15 is 0 Å². The predicted octanol–water partition coefficient (Wildman–Crippen LogP) is 5.35. The van der Waals surface area contributed by atoms with E-state index in [0.29, 0.717) is 16.7 Å². The molecule has 1 aromatic carbocycles. The van der Waals surface area contributed by atoms with Gasteiger partial charge < -0.3 is 23.8 Å². The minimum absolute atomic E-state index is 0.117. The lowest BCUT2D eigenvalue weighted by molar-refractivity contribution is -0.130. The van der Waals surface area contributed by atoms with Crippen LogP contribution in [0.5, 0.6) is 5.75 Å². The Balaban J connectivity index is 1.05. The van der Waals surface area contributed by atoms with Crippen LogP contribution in [-0.4, -0.2) is 65.2 Å². The number of carbonyl (C=O) groups excluding carboxylic acids is 2. The third-order valence-corrected chi connectivity index (χ3v) is 9.33. The van der Waals surface area contributed by atoms with Crippen LogP contribution in [0.1, 0.15) is 67.7 Å². The van der Waals surface area contributed by atoms with Crippen LogP contribution in [0.2, 0.25) is 0 Å². The highest BCUT2D eigenvalue weighted by molar-refractivity contribution is 7.14. The van der Waals surface area contributed by atoms with Gasteiger partial charge in [0.15, 0.2) is 5.13 Å². The van der Waals surface area contributed by atoms with Gasteiger partial charge in [0.25, 0.3) is 5.91 Å². The van der Waals surface area contributed by atoms with Gasteiger partial charge in [0, 0.05) is 76.4 Å². The van der Waals surface area contributed by atoms with Crippen molar-refractivity contribution in [2.75, 3.05) is 43.1 Å². The molecular formula is C31H39N5O4S. The zero-order valence-corrected chi connectivity index (χ0v) is 24.5. The summed E-state index contributed by atoms with van der Waals surface area (Å²) in [5.41, 5.74) is 2.82. The second-order valence-electron chi connectivity index (χ2n) is 11.3. The molecule has 0 aliphatic carbocycles. The van der Waals surface area contributed by atoms with Gasteiger partial charge in [0.2, 0.25) is 5.91 Å². The number of carbonyl (C=O) groups is 2. The molecule has 9 nitrogen and oxygen atoms in total. The molecule has 218 valence electrons. The van der Waals surface area contributed by atoms with Gasteiger partial charge in [0.1, 0.15) is 17.5 Å². The number of benzene rings is 1. The van der Waals surface area contributed by atoms with Gasteiger partial charge in [-0.2, -0.15) is 0 Å². The first kappa shape index (κ1) is 27.8. The quantitative estimate of drug-likeness (QED) is 0.388. The van der Waals surface area contributed by atoms with Crippen LogP contribution in [0.4, 0.5) is 10.8 Å². The molecule has 0 saturated carbocycles. The number of likely N-dealkylation sites (tertiary alicyclic amines) is 1. The van der Waals surface area contributed by atoms with Crippen molar-refractivity contribution in [2.45, 2.75) is 64.1 Å². The molecule has 3 fully saturated rings. The van der Waals surface area contributed by atoms with Crippen LogP contribution in [0.15, 0.2) is 48.0 Å². The molecule has 2 amide bonds. The highest BCUT2D eigenvalue weighted by Crippen LogP contribution is 2.38. The second-order valence-corrected chi connectivity index (χ2v) is 12.2. The Hall–Kier alpha value is -3.37. The molecule has 0 unspecified atom stereocenters. The van der Waals surface area contributed by atoms with E-state index in [-0.39, 0.29) is 24.0 Å². The van der Waals surface area contributed by atoms with Crippen molar-refractivity contribution in [3.8, 4) is 5.75 Å². The number of nitrogens with one attached hydrogen (secondary N) is 1. The maximum Gasteiger partial charge on any atom is 0.274 e. The van der Waals surface area contributed by atoms with Crippen LogP contribution in [0, 0.1) is 5.92 Å². The summed E-state index contributed by atoms with van der Waals surface area (Å²) in [6, 6.07) is 12.3. The molecule has 1 atom stereocenters. The van der Waals surface area contributed by atoms with E-state index in [1.165, 1.54) is 11.3 Å². The van der Waals surface area contributed by atoms with E-state index in [4.69, 9.17) is 14.5 Å². The van der Waals surface area contributed by atoms with E-state index in [9.17, 15) is 9.59 Å². The number of rotatable bonds is 8. The van der Waals surface area contributed by atoms with Gasteiger partial charge in [0.05, 0.1) is 11.7 Å². The summed E-state index contributed by atoms with van der Waals surface area (Å²) in [5, 5.41) is 5.75. The van der Waals surface area contributed by atoms with Crippen LogP contribution in [0.3, 0.4) is 0 Å². The Morgan fingerprint density at radius 2 is 1.83 bits per heavy atom. The van der Waals surface area contributed by atoms with Gasteiger partial charge in [-0.1, -0.05) is 0 Å². The molecule has 2 aromatic heterocycles. The lowest BCUT2D eigenvalue weighted by Gasteiger charge is -2.31. The molecule has 3 aromatic rings. The second kappa shape index (κ2) is 12.7. The predicted molar refractivity (Wildman–Crippen MR) is 160 cm³/mol. The number of amides is 2. The highest BCUT2D eigenvalue weighted by atomic mass is 32.1. The Morgan fingerprint density at radius 1 is 1.05 bits per heavy atom. The zero-order chi connectivity index (χ0) is 28.2. The molecular weight excluding hydrogens is 538 g/mol. The smallest absolute Gasteiger partial charge is 0.274 e. The summed E-state index contributed by atoms with van der Waals surface area (Å²) < 4.78 is 13.8. The summed E-state index contributed by atoms with van der Waals surface area (Å²) in [4.78, 5) is 33.9. The molecule has 3 saturated heterocycles. The molecule has 0 spiro atoms. The summed E-state index contributed by atoms with van der Waals surface area (Å²) in [5.74, 6) is 1.42. The molecule has 10 heteroatoms. The molecule has 41 heavy (non-hydrogen) atoms. The van der Waals surface area contributed by atoms with Crippen molar-refractivity contribution >= 4 is 34.0 Å². The standard InChI is InChI=1S/C31H39N5O4S/c1-22(37)34-16-10-26(11-17-34)40-25-8-6-24(7-9-25)36-15-3-4-28(36)27-21-41-31(32-27)33-30(38)29-5-2-14-35(29)20-23-12-18-39-19-13-23/h2,5-9,14,21,23,26,28H,3-4,10-13,15-20H2,1H3,(H,32,33,38)/t28-/m1/s1. The van der Waals surface area contributed by atoms with Crippen molar-refractivity contribution < 1.29 is 19.1 Å². The number of anilines is 2. The third kappa shape index (κ3) is 6.59. The minimum atomic E-state index is -0.117. The van der Waals surface area contributed by atoms with Gasteiger partial charge in [-0.05, 0) is 68.0 Å². The van der Waals surface area contributed by atoms with Crippen molar-refractivity contribution in [3.63, 3.8) is 0 Å². The van der Waals surface area contributed by atoms with Crippen molar-refractivity contribution in [1.29, 1.82) is 0 Å². The summed E-state index contributed by atoms with van der Waals surface area (Å²) >= 11 is 1.48. The first-order valence-electron chi connectivity index (χ1n) is 14.8. The number of ether oxygens (including phenoxy) is 2. The summed E-state index contributed by atoms with van der Waals surface area (Å²) in [6.07, 6.45) is 8.04. The largest absolute Gasteiger partial charge is 0.490 e. The molecule has 5 heterocycles. The van der Waals surface area contributed by atoms with Crippen LogP contribution >= 0.6 is 11.3 Å². The fourth-order valence-electron chi connectivity index (χ4n) is 6.22. The molecule has 0 bridgehead atoms.